The molecule has 1 heterocycles. The van der Waals surface area contributed by atoms with Crippen LogP contribution in [0.3, 0.4) is 0 Å². The van der Waals surface area contributed by atoms with Gasteiger partial charge in [-0.25, -0.2) is 0 Å². The van der Waals surface area contributed by atoms with Crippen LogP contribution in [0.15, 0.2) is 0 Å². The average molecular weight is 279 g/mol. The van der Waals surface area contributed by atoms with Gasteiger partial charge in [0.2, 0.25) is 0 Å². The minimum atomic E-state index is 0.125. The topological polar surface area (TPSA) is 39.5 Å². The molecule has 1 saturated heterocycles. The monoisotopic (exact) mass is 279 g/mol. The second-order valence-electron chi connectivity index (χ2n) is 6.18. The van der Waals surface area contributed by atoms with Gasteiger partial charge in [-0.3, -0.25) is 9.80 Å². The molecule has 2 rings (SSSR count). The molecule has 3 unspecified atom stereocenters. The molecule has 0 aromatic rings. The molecule has 114 valence electrons. The summed E-state index contributed by atoms with van der Waals surface area (Å²) in [5.74, 6) is 0. The zero-order valence-electron chi connectivity index (χ0n) is 13.1. The SMILES string of the molecule is CCCC(C#N)N1CCN(C2CCCC(OC)C2)CC1. The Labute approximate surface area is 123 Å². The lowest BCUT2D eigenvalue weighted by Gasteiger charge is -2.43. The van der Waals surface area contributed by atoms with Gasteiger partial charge in [0.15, 0.2) is 0 Å². The highest BCUT2D eigenvalue weighted by Crippen LogP contribution is 2.26. The highest BCUT2D eigenvalue weighted by molar-refractivity contribution is 4.94. The molecule has 2 aliphatic rings. The first-order valence-electron chi connectivity index (χ1n) is 8.19. The van der Waals surface area contributed by atoms with Gasteiger partial charge in [0, 0.05) is 39.3 Å². The van der Waals surface area contributed by atoms with Gasteiger partial charge in [-0.15, -0.1) is 0 Å². The summed E-state index contributed by atoms with van der Waals surface area (Å²) in [5.41, 5.74) is 0. The third kappa shape index (κ3) is 3.94. The molecule has 3 atom stereocenters. The summed E-state index contributed by atoms with van der Waals surface area (Å²) in [6, 6.07) is 3.29. The second-order valence-corrected chi connectivity index (χ2v) is 6.18. The summed E-state index contributed by atoms with van der Waals surface area (Å²) >= 11 is 0. The Morgan fingerprint density at radius 1 is 1.25 bits per heavy atom. The van der Waals surface area contributed by atoms with E-state index in [2.05, 4.69) is 22.8 Å². The quantitative estimate of drug-likeness (QED) is 0.774. The van der Waals surface area contributed by atoms with Crippen LogP contribution in [0.4, 0.5) is 0 Å². The van der Waals surface area contributed by atoms with Gasteiger partial charge in [0.05, 0.1) is 18.2 Å². The molecule has 0 aromatic carbocycles. The lowest BCUT2D eigenvalue weighted by Crippen LogP contribution is -2.54. The number of rotatable bonds is 5. The summed E-state index contributed by atoms with van der Waals surface area (Å²) in [6.45, 7) is 6.48. The van der Waals surface area contributed by atoms with Crippen LogP contribution in [-0.2, 0) is 4.74 Å². The van der Waals surface area contributed by atoms with Gasteiger partial charge in [-0.05, 0) is 32.1 Å². The van der Waals surface area contributed by atoms with Crippen LogP contribution in [0.25, 0.3) is 0 Å². The first kappa shape index (κ1) is 15.8. The van der Waals surface area contributed by atoms with Crippen LogP contribution in [-0.4, -0.2) is 61.3 Å². The van der Waals surface area contributed by atoms with Crippen molar-refractivity contribution in [2.45, 2.75) is 63.6 Å². The van der Waals surface area contributed by atoms with Crippen LogP contribution >= 0.6 is 0 Å². The summed E-state index contributed by atoms with van der Waals surface area (Å²) in [7, 11) is 1.84. The van der Waals surface area contributed by atoms with E-state index < -0.39 is 0 Å². The molecule has 0 aromatic heterocycles. The molecule has 1 aliphatic carbocycles. The molecule has 1 aliphatic heterocycles. The number of hydrogen-bond acceptors (Lipinski definition) is 4. The van der Waals surface area contributed by atoms with Crippen LogP contribution < -0.4 is 0 Å². The normalized spacial score (nSPS) is 30.9. The highest BCUT2D eigenvalue weighted by atomic mass is 16.5. The Bertz CT molecular complexity index is 320. The molecule has 0 spiro atoms. The number of piperazine rings is 1. The highest BCUT2D eigenvalue weighted by Gasteiger charge is 2.30. The van der Waals surface area contributed by atoms with Crippen molar-refractivity contribution < 1.29 is 4.74 Å². The van der Waals surface area contributed by atoms with E-state index in [0.717, 1.165) is 39.0 Å². The fraction of sp³-hybridized carbons (Fsp3) is 0.938. The van der Waals surface area contributed by atoms with Crippen molar-refractivity contribution in [1.29, 1.82) is 5.26 Å². The molecule has 0 radical (unpaired) electrons. The van der Waals surface area contributed by atoms with Crippen molar-refractivity contribution >= 4 is 0 Å². The van der Waals surface area contributed by atoms with Crippen LogP contribution in [0.1, 0.15) is 45.4 Å². The third-order valence-corrected chi connectivity index (χ3v) is 4.95. The molecule has 4 nitrogen and oxygen atoms in total. The summed E-state index contributed by atoms with van der Waals surface area (Å²) in [5, 5.41) is 9.27. The maximum Gasteiger partial charge on any atom is 0.0978 e. The lowest BCUT2D eigenvalue weighted by molar-refractivity contribution is 0.00824. The standard InChI is InChI=1S/C16H29N3O/c1-3-5-15(13-17)19-10-8-18(9-11-19)14-6-4-7-16(12-14)20-2/h14-16H,3-12H2,1-2H3. The van der Waals surface area contributed by atoms with Gasteiger partial charge in [-0.2, -0.15) is 5.26 Å². The van der Waals surface area contributed by atoms with Crippen LogP contribution in [0.2, 0.25) is 0 Å². The van der Waals surface area contributed by atoms with Gasteiger partial charge in [-0.1, -0.05) is 13.3 Å². The zero-order valence-corrected chi connectivity index (χ0v) is 13.1. The van der Waals surface area contributed by atoms with E-state index >= 15 is 0 Å². The number of ether oxygens (including phenoxy) is 1. The Balaban J connectivity index is 1.80. The van der Waals surface area contributed by atoms with E-state index in [1.807, 2.05) is 7.11 Å². The van der Waals surface area contributed by atoms with Crippen LogP contribution in [0, 0.1) is 11.3 Å². The number of hydrogen-bond donors (Lipinski definition) is 0. The van der Waals surface area contributed by atoms with E-state index in [1.165, 1.54) is 25.7 Å². The van der Waals surface area contributed by atoms with E-state index in [4.69, 9.17) is 4.74 Å². The first-order valence-corrected chi connectivity index (χ1v) is 8.19. The smallest absolute Gasteiger partial charge is 0.0978 e. The van der Waals surface area contributed by atoms with Gasteiger partial charge in [0.1, 0.15) is 0 Å². The molecular weight excluding hydrogens is 250 g/mol. The molecule has 0 bridgehead atoms. The van der Waals surface area contributed by atoms with E-state index in [0.29, 0.717) is 12.1 Å². The predicted octanol–water partition coefficient (Wildman–Crippen LogP) is 2.25. The predicted molar refractivity (Wildman–Crippen MR) is 80.5 cm³/mol. The maximum absolute atomic E-state index is 9.27. The molecular formula is C16H29N3O. The second kappa shape index (κ2) is 7.97. The Morgan fingerprint density at radius 3 is 2.60 bits per heavy atom. The molecule has 4 heteroatoms. The first-order chi connectivity index (χ1) is 9.78. The van der Waals surface area contributed by atoms with Crippen molar-refractivity contribution in [2.24, 2.45) is 0 Å². The molecule has 20 heavy (non-hydrogen) atoms. The fourth-order valence-electron chi connectivity index (χ4n) is 3.68. The Morgan fingerprint density at radius 2 is 2.00 bits per heavy atom. The minimum Gasteiger partial charge on any atom is -0.381 e. The third-order valence-electron chi connectivity index (χ3n) is 4.95. The molecule has 1 saturated carbocycles. The van der Waals surface area contributed by atoms with Crippen molar-refractivity contribution in [3.63, 3.8) is 0 Å². The number of nitriles is 1. The lowest BCUT2D eigenvalue weighted by atomic mass is 9.91. The molecule has 0 amide bonds. The van der Waals surface area contributed by atoms with Gasteiger partial charge < -0.3 is 4.74 Å². The zero-order chi connectivity index (χ0) is 14.4. The summed E-state index contributed by atoms with van der Waals surface area (Å²) in [4.78, 5) is 5.00. The maximum atomic E-state index is 9.27. The Hall–Kier alpha value is -0.630. The molecule has 2 fully saturated rings. The van der Waals surface area contributed by atoms with Crippen molar-refractivity contribution in [1.82, 2.24) is 9.80 Å². The van der Waals surface area contributed by atoms with E-state index in [1.54, 1.807) is 0 Å². The minimum absolute atomic E-state index is 0.125. The van der Waals surface area contributed by atoms with Gasteiger partial charge in [0.25, 0.3) is 0 Å². The average Bonchev–Trinajstić information content (AvgIpc) is 2.53. The summed E-state index contributed by atoms with van der Waals surface area (Å²) in [6.07, 6.45) is 7.57. The molecule has 0 N–H and O–H groups in total. The van der Waals surface area contributed by atoms with Crippen molar-refractivity contribution in [3.05, 3.63) is 0 Å². The van der Waals surface area contributed by atoms with Crippen molar-refractivity contribution in [3.8, 4) is 6.07 Å². The number of nitrogens with zero attached hydrogens (tertiary/aromatic N) is 3. The van der Waals surface area contributed by atoms with Gasteiger partial charge >= 0.3 is 0 Å². The summed E-state index contributed by atoms with van der Waals surface area (Å²) < 4.78 is 5.54. The number of methoxy groups -OCH3 is 1. The largest absolute Gasteiger partial charge is 0.381 e. The van der Waals surface area contributed by atoms with Crippen LogP contribution in [0.5, 0.6) is 0 Å². The Kier molecular flexibility index (Phi) is 6.28. The van der Waals surface area contributed by atoms with E-state index in [9.17, 15) is 5.26 Å². The van der Waals surface area contributed by atoms with E-state index in [-0.39, 0.29) is 6.04 Å². The van der Waals surface area contributed by atoms with Crippen molar-refractivity contribution in [2.75, 3.05) is 33.3 Å². The fourth-order valence-corrected chi connectivity index (χ4v) is 3.68.